The molecule has 0 saturated carbocycles. The van der Waals surface area contributed by atoms with Crippen LogP contribution in [0.4, 0.5) is 17.1 Å². The Morgan fingerprint density at radius 2 is 1.70 bits per heavy atom. The van der Waals surface area contributed by atoms with E-state index in [4.69, 9.17) is 12.2 Å². The third-order valence-electron chi connectivity index (χ3n) is 8.74. The zero-order valence-electron chi connectivity index (χ0n) is 24.8. The molecule has 1 amide bonds. The Kier molecular flexibility index (Phi) is 8.04. The van der Waals surface area contributed by atoms with Gasteiger partial charge in [0.2, 0.25) is 0 Å². The molecule has 2 aliphatic rings. The van der Waals surface area contributed by atoms with Gasteiger partial charge in [0.25, 0.3) is 11.5 Å². The molecule has 1 fully saturated rings. The van der Waals surface area contributed by atoms with Crippen LogP contribution >= 0.6 is 12.2 Å². The molecule has 0 radical (unpaired) electrons. The fourth-order valence-corrected chi connectivity index (χ4v) is 6.58. The van der Waals surface area contributed by atoms with Crippen LogP contribution in [-0.4, -0.2) is 28.7 Å². The summed E-state index contributed by atoms with van der Waals surface area (Å²) in [6.45, 7) is 8.46. The summed E-state index contributed by atoms with van der Waals surface area (Å²) >= 11 is 5.77. The molecular formula is C35H37N5O2S. The van der Waals surface area contributed by atoms with E-state index >= 15 is 0 Å². The van der Waals surface area contributed by atoms with Gasteiger partial charge in [-0.15, -0.1) is 0 Å². The molecule has 6 rings (SSSR count). The normalized spacial score (nSPS) is 17.9. The molecule has 4 aromatic rings. The van der Waals surface area contributed by atoms with E-state index < -0.39 is 0 Å². The number of thiocarbonyl (C=S) groups is 1. The maximum absolute atomic E-state index is 13.4. The standard InChI is InChI=1S/C35H37N5O2S/c1-22-12-14-29(16-23(22)2)37-35(43)38-30-18-27(34(42)36-24(3)26-8-5-4-6-9-26)13-15-32(30)39-19-25-17-28(21-39)31-10-7-11-33(41)40(31)20-25/h4-16,18,24-25,28H,17,19-21H2,1-3H3,(H,36,42)(H2,37,38,43)/t24-,25-,28+/m1/s1. The fourth-order valence-electron chi connectivity index (χ4n) is 6.36. The smallest absolute Gasteiger partial charge is 0.251 e. The Morgan fingerprint density at radius 1 is 0.884 bits per heavy atom. The molecule has 3 N–H and O–H groups in total. The van der Waals surface area contributed by atoms with Gasteiger partial charge in [-0.05, 0) is 98.4 Å². The van der Waals surface area contributed by atoms with Crippen LogP contribution in [0.2, 0.25) is 0 Å². The molecule has 8 heteroatoms. The number of rotatable bonds is 6. The van der Waals surface area contributed by atoms with Crippen molar-refractivity contribution in [2.24, 2.45) is 5.92 Å². The number of benzene rings is 3. The maximum atomic E-state index is 13.4. The summed E-state index contributed by atoms with van der Waals surface area (Å²) in [6.07, 6.45) is 1.06. The van der Waals surface area contributed by atoms with Gasteiger partial charge >= 0.3 is 0 Å². The number of carbonyl (C=O) groups is 1. The number of piperidine rings is 1. The molecule has 3 atom stereocenters. The zero-order valence-corrected chi connectivity index (χ0v) is 25.6. The minimum absolute atomic E-state index is 0.0749. The number of pyridine rings is 1. The average Bonchev–Trinajstić information content (AvgIpc) is 3.00. The first-order chi connectivity index (χ1) is 20.7. The van der Waals surface area contributed by atoms with Gasteiger partial charge in [-0.2, -0.15) is 0 Å². The highest BCUT2D eigenvalue weighted by atomic mass is 32.1. The highest BCUT2D eigenvalue weighted by Gasteiger charge is 2.35. The minimum Gasteiger partial charge on any atom is -0.369 e. The number of amides is 1. The van der Waals surface area contributed by atoms with Gasteiger partial charge in [-0.25, -0.2) is 0 Å². The van der Waals surface area contributed by atoms with Crippen LogP contribution < -0.4 is 26.4 Å². The number of carbonyl (C=O) groups excluding carboxylic acids is 1. The minimum atomic E-state index is -0.150. The molecule has 2 bridgehead atoms. The third-order valence-corrected chi connectivity index (χ3v) is 8.94. The number of hydrogen-bond acceptors (Lipinski definition) is 4. The second-order valence-corrected chi connectivity index (χ2v) is 12.2. The van der Waals surface area contributed by atoms with Crippen molar-refractivity contribution < 1.29 is 4.79 Å². The number of anilines is 3. The first-order valence-electron chi connectivity index (χ1n) is 14.8. The summed E-state index contributed by atoms with van der Waals surface area (Å²) < 4.78 is 1.94. The molecule has 7 nitrogen and oxygen atoms in total. The molecular weight excluding hydrogens is 554 g/mol. The van der Waals surface area contributed by atoms with Gasteiger partial charge in [0.05, 0.1) is 17.4 Å². The number of hydrogen-bond donors (Lipinski definition) is 3. The SMILES string of the molecule is Cc1ccc(NC(=S)Nc2cc(C(=O)N[C@H](C)c3ccccc3)ccc2N2C[C@H]3C[C@@H](C2)c2cccc(=O)n2C3)cc1C. The number of aryl methyl sites for hydroxylation is 2. The van der Waals surface area contributed by atoms with Crippen molar-refractivity contribution in [1.29, 1.82) is 0 Å². The van der Waals surface area contributed by atoms with Crippen LogP contribution in [0, 0.1) is 19.8 Å². The molecule has 3 heterocycles. The lowest BCUT2D eigenvalue weighted by atomic mass is 9.83. The van der Waals surface area contributed by atoms with E-state index in [-0.39, 0.29) is 23.4 Å². The summed E-state index contributed by atoms with van der Waals surface area (Å²) in [4.78, 5) is 28.3. The Hall–Kier alpha value is -4.43. The van der Waals surface area contributed by atoms with E-state index in [1.807, 2.05) is 72.2 Å². The molecule has 220 valence electrons. The second-order valence-electron chi connectivity index (χ2n) is 11.8. The van der Waals surface area contributed by atoms with Crippen LogP contribution in [-0.2, 0) is 6.54 Å². The van der Waals surface area contributed by atoms with Crippen LogP contribution in [0.3, 0.4) is 0 Å². The van der Waals surface area contributed by atoms with Gasteiger partial charge in [0.1, 0.15) is 0 Å². The topological polar surface area (TPSA) is 78.4 Å². The predicted octanol–water partition coefficient (Wildman–Crippen LogP) is 6.39. The summed E-state index contributed by atoms with van der Waals surface area (Å²) in [7, 11) is 0. The summed E-state index contributed by atoms with van der Waals surface area (Å²) in [5.41, 5.74) is 7.83. The fraction of sp³-hybridized carbons (Fsp3) is 0.286. The molecule has 43 heavy (non-hydrogen) atoms. The Labute approximate surface area is 257 Å². The highest BCUT2D eigenvalue weighted by Crippen LogP contribution is 2.39. The molecule has 0 aliphatic carbocycles. The van der Waals surface area contributed by atoms with Gasteiger partial charge in [-0.1, -0.05) is 42.5 Å². The van der Waals surface area contributed by atoms with Crippen LogP contribution in [0.5, 0.6) is 0 Å². The van der Waals surface area contributed by atoms with Crippen molar-refractivity contribution in [3.05, 3.63) is 123 Å². The number of nitrogens with zero attached hydrogens (tertiary/aromatic N) is 2. The Morgan fingerprint density at radius 3 is 2.49 bits per heavy atom. The first-order valence-corrected chi connectivity index (χ1v) is 15.3. The quantitative estimate of drug-likeness (QED) is 0.226. The largest absolute Gasteiger partial charge is 0.369 e. The van der Waals surface area contributed by atoms with Crippen LogP contribution in [0.25, 0.3) is 0 Å². The number of aromatic nitrogens is 1. The maximum Gasteiger partial charge on any atom is 0.251 e. The lowest BCUT2D eigenvalue weighted by Gasteiger charge is -2.44. The number of nitrogens with one attached hydrogen (secondary N) is 3. The van der Waals surface area contributed by atoms with Crippen molar-refractivity contribution in [3.8, 4) is 0 Å². The van der Waals surface area contributed by atoms with Gasteiger partial charge in [0, 0.05) is 48.6 Å². The molecule has 0 unspecified atom stereocenters. The van der Waals surface area contributed by atoms with Crippen LogP contribution in [0.1, 0.15) is 58.0 Å². The van der Waals surface area contributed by atoms with E-state index in [0.29, 0.717) is 16.6 Å². The Bertz CT molecular complexity index is 1730. The lowest BCUT2D eigenvalue weighted by Crippen LogP contribution is -2.47. The average molecular weight is 592 g/mol. The molecule has 1 saturated heterocycles. The highest BCUT2D eigenvalue weighted by molar-refractivity contribution is 7.80. The molecule has 0 spiro atoms. The second kappa shape index (κ2) is 12.1. The summed E-state index contributed by atoms with van der Waals surface area (Å²) in [5, 5.41) is 10.3. The summed E-state index contributed by atoms with van der Waals surface area (Å²) in [6, 6.07) is 27.3. The van der Waals surface area contributed by atoms with Gasteiger partial charge in [0.15, 0.2) is 5.11 Å². The third kappa shape index (κ3) is 6.20. The first kappa shape index (κ1) is 28.7. The van der Waals surface area contributed by atoms with Gasteiger partial charge in [-0.3, -0.25) is 9.59 Å². The van der Waals surface area contributed by atoms with Crippen molar-refractivity contribution >= 4 is 40.3 Å². The molecule has 3 aromatic carbocycles. The lowest BCUT2D eigenvalue weighted by molar-refractivity contribution is 0.0940. The van der Waals surface area contributed by atoms with Gasteiger partial charge < -0.3 is 25.4 Å². The number of fused-ring (bicyclic) bond motifs is 4. The van der Waals surface area contributed by atoms with Crippen LogP contribution in [0.15, 0.2) is 89.7 Å². The zero-order chi connectivity index (χ0) is 30.1. The van der Waals surface area contributed by atoms with E-state index in [1.165, 1.54) is 11.1 Å². The van der Waals surface area contributed by atoms with Crippen molar-refractivity contribution in [2.75, 3.05) is 28.6 Å². The van der Waals surface area contributed by atoms with E-state index in [2.05, 4.69) is 52.9 Å². The molecule has 1 aromatic heterocycles. The summed E-state index contributed by atoms with van der Waals surface area (Å²) in [5.74, 6) is 0.460. The van der Waals surface area contributed by atoms with Crippen molar-refractivity contribution in [2.45, 2.75) is 45.7 Å². The predicted molar refractivity (Wildman–Crippen MR) is 178 cm³/mol. The molecule has 2 aliphatic heterocycles. The van der Waals surface area contributed by atoms with E-state index in [9.17, 15) is 9.59 Å². The van der Waals surface area contributed by atoms with E-state index in [0.717, 1.165) is 54.4 Å². The monoisotopic (exact) mass is 591 g/mol. The van der Waals surface area contributed by atoms with Crippen molar-refractivity contribution in [3.63, 3.8) is 0 Å². The Balaban J connectivity index is 1.28. The van der Waals surface area contributed by atoms with Crippen molar-refractivity contribution in [1.82, 2.24) is 9.88 Å². The van der Waals surface area contributed by atoms with E-state index in [1.54, 1.807) is 6.07 Å².